The molecule has 1 saturated carbocycles. The Morgan fingerprint density at radius 1 is 1.50 bits per heavy atom. The standard InChI is InChI=1S/C16H16N2O2/c1-3-20-15(19)13-9-12-8-11(2)4-7-18(12)14(13)16(10-17)5-6-16/h4,7-9H,3,5-6H2,1-2H3. The summed E-state index contributed by atoms with van der Waals surface area (Å²) < 4.78 is 7.09. The second kappa shape index (κ2) is 4.38. The highest BCUT2D eigenvalue weighted by Gasteiger charge is 2.49. The second-order valence-corrected chi connectivity index (χ2v) is 5.32. The van der Waals surface area contributed by atoms with Crippen LogP contribution in [0, 0.1) is 18.3 Å². The van der Waals surface area contributed by atoms with Gasteiger partial charge in [0.05, 0.1) is 29.3 Å². The van der Waals surface area contributed by atoms with E-state index in [9.17, 15) is 10.1 Å². The van der Waals surface area contributed by atoms with Crippen molar-refractivity contribution in [2.75, 3.05) is 6.61 Å². The summed E-state index contributed by atoms with van der Waals surface area (Å²) in [5.74, 6) is -0.342. The average Bonchev–Trinajstić information content (AvgIpc) is 3.13. The van der Waals surface area contributed by atoms with Gasteiger partial charge in [-0.05, 0) is 50.5 Å². The van der Waals surface area contributed by atoms with Crippen LogP contribution in [0.3, 0.4) is 0 Å². The van der Waals surface area contributed by atoms with Crippen molar-refractivity contribution in [3.63, 3.8) is 0 Å². The molecule has 102 valence electrons. The number of ether oxygens (including phenoxy) is 1. The van der Waals surface area contributed by atoms with Gasteiger partial charge in [-0.15, -0.1) is 0 Å². The molecule has 0 amide bonds. The number of hydrogen-bond acceptors (Lipinski definition) is 3. The van der Waals surface area contributed by atoms with E-state index in [1.807, 2.05) is 35.7 Å². The van der Waals surface area contributed by atoms with E-state index in [4.69, 9.17) is 4.74 Å². The molecule has 20 heavy (non-hydrogen) atoms. The van der Waals surface area contributed by atoms with Crippen molar-refractivity contribution < 1.29 is 9.53 Å². The highest BCUT2D eigenvalue weighted by molar-refractivity contribution is 5.94. The topological polar surface area (TPSA) is 54.5 Å². The smallest absolute Gasteiger partial charge is 0.340 e. The third kappa shape index (κ3) is 1.78. The van der Waals surface area contributed by atoms with Gasteiger partial charge in [0.15, 0.2) is 0 Å². The number of nitriles is 1. The van der Waals surface area contributed by atoms with Gasteiger partial charge in [0.25, 0.3) is 0 Å². The van der Waals surface area contributed by atoms with Crippen LogP contribution in [0.2, 0.25) is 0 Å². The maximum atomic E-state index is 12.2. The number of fused-ring (bicyclic) bond motifs is 1. The monoisotopic (exact) mass is 268 g/mol. The lowest BCUT2D eigenvalue weighted by atomic mass is 10.0. The van der Waals surface area contributed by atoms with Crippen LogP contribution in [-0.2, 0) is 10.2 Å². The zero-order chi connectivity index (χ0) is 14.3. The molecule has 0 saturated heterocycles. The maximum absolute atomic E-state index is 12.2. The molecular weight excluding hydrogens is 252 g/mol. The van der Waals surface area contributed by atoms with E-state index >= 15 is 0 Å². The van der Waals surface area contributed by atoms with Crippen LogP contribution >= 0.6 is 0 Å². The Balaban J connectivity index is 2.25. The van der Waals surface area contributed by atoms with Gasteiger partial charge in [-0.3, -0.25) is 0 Å². The summed E-state index contributed by atoms with van der Waals surface area (Å²) in [6.45, 7) is 4.13. The molecule has 0 aliphatic heterocycles. The van der Waals surface area contributed by atoms with E-state index < -0.39 is 5.41 Å². The Morgan fingerprint density at radius 2 is 2.25 bits per heavy atom. The van der Waals surface area contributed by atoms with E-state index in [1.165, 1.54) is 0 Å². The number of pyridine rings is 1. The van der Waals surface area contributed by atoms with Gasteiger partial charge in [-0.25, -0.2) is 4.79 Å². The third-order valence-corrected chi connectivity index (χ3v) is 3.84. The normalized spacial score (nSPS) is 15.8. The molecule has 0 bridgehead atoms. The summed E-state index contributed by atoms with van der Waals surface area (Å²) >= 11 is 0. The zero-order valence-corrected chi connectivity index (χ0v) is 11.6. The lowest BCUT2D eigenvalue weighted by Gasteiger charge is -2.10. The molecule has 1 aliphatic carbocycles. The van der Waals surface area contributed by atoms with Crippen molar-refractivity contribution in [1.82, 2.24) is 4.40 Å². The van der Waals surface area contributed by atoms with Crippen molar-refractivity contribution in [3.8, 4) is 6.07 Å². The molecular formula is C16H16N2O2. The van der Waals surface area contributed by atoms with Gasteiger partial charge in [0.2, 0.25) is 0 Å². The molecule has 0 unspecified atom stereocenters. The summed E-state index contributed by atoms with van der Waals surface area (Å²) in [7, 11) is 0. The first-order chi connectivity index (χ1) is 9.61. The molecule has 0 aromatic carbocycles. The van der Waals surface area contributed by atoms with Crippen molar-refractivity contribution in [1.29, 1.82) is 5.26 Å². The molecule has 1 fully saturated rings. The Bertz CT molecular complexity index is 733. The molecule has 2 aromatic heterocycles. The Hall–Kier alpha value is -2.28. The number of rotatable bonds is 3. The number of aryl methyl sites for hydroxylation is 1. The van der Waals surface area contributed by atoms with Gasteiger partial charge in [0.1, 0.15) is 0 Å². The number of carbonyl (C=O) groups excluding carboxylic acids is 1. The molecule has 4 nitrogen and oxygen atoms in total. The molecule has 0 radical (unpaired) electrons. The SMILES string of the molecule is CCOC(=O)c1cc2cc(C)ccn2c1C1(C#N)CC1. The van der Waals surface area contributed by atoms with Crippen LogP contribution in [-0.4, -0.2) is 17.0 Å². The summed E-state index contributed by atoms with van der Waals surface area (Å²) in [5.41, 5.74) is 2.84. The van der Waals surface area contributed by atoms with E-state index in [1.54, 1.807) is 6.92 Å². The number of hydrogen-bond donors (Lipinski definition) is 0. The van der Waals surface area contributed by atoms with Crippen LogP contribution in [0.4, 0.5) is 0 Å². The summed E-state index contributed by atoms with van der Waals surface area (Å²) in [4.78, 5) is 12.2. The second-order valence-electron chi connectivity index (χ2n) is 5.32. The minimum atomic E-state index is -0.524. The largest absolute Gasteiger partial charge is 0.462 e. The van der Waals surface area contributed by atoms with Crippen LogP contribution < -0.4 is 0 Å². The predicted molar refractivity (Wildman–Crippen MR) is 74.6 cm³/mol. The van der Waals surface area contributed by atoms with Gasteiger partial charge in [0, 0.05) is 11.7 Å². The van der Waals surface area contributed by atoms with Crippen LogP contribution in [0.15, 0.2) is 24.4 Å². The fourth-order valence-corrected chi connectivity index (χ4v) is 2.67. The molecule has 0 atom stereocenters. The minimum Gasteiger partial charge on any atom is -0.462 e. The number of carbonyl (C=O) groups is 1. The van der Waals surface area contributed by atoms with Crippen molar-refractivity contribution in [2.45, 2.75) is 32.1 Å². The quantitative estimate of drug-likeness (QED) is 0.804. The van der Waals surface area contributed by atoms with Crippen LogP contribution in [0.25, 0.3) is 5.52 Å². The van der Waals surface area contributed by atoms with Gasteiger partial charge in [-0.1, -0.05) is 0 Å². The maximum Gasteiger partial charge on any atom is 0.340 e. The van der Waals surface area contributed by atoms with E-state index in [0.29, 0.717) is 12.2 Å². The molecule has 1 aliphatic rings. The molecule has 0 N–H and O–H groups in total. The van der Waals surface area contributed by atoms with Gasteiger partial charge < -0.3 is 9.14 Å². The average molecular weight is 268 g/mol. The number of aromatic nitrogens is 1. The first-order valence-corrected chi connectivity index (χ1v) is 6.82. The minimum absolute atomic E-state index is 0.336. The summed E-state index contributed by atoms with van der Waals surface area (Å²) in [6.07, 6.45) is 3.53. The number of esters is 1. The highest BCUT2D eigenvalue weighted by Crippen LogP contribution is 2.49. The Kier molecular flexibility index (Phi) is 2.79. The Labute approximate surface area is 117 Å². The first kappa shape index (κ1) is 12.7. The van der Waals surface area contributed by atoms with Crippen LogP contribution in [0.1, 0.15) is 41.4 Å². The molecule has 3 rings (SSSR count). The van der Waals surface area contributed by atoms with E-state index in [0.717, 1.165) is 29.6 Å². The lowest BCUT2D eigenvalue weighted by Crippen LogP contribution is -2.14. The lowest BCUT2D eigenvalue weighted by molar-refractivity contribution is 0.0524. The molecule has 2 aromatic rings. The Morgan fingerprint density at radius 3 is 2.85 bits per heavy atom. The molecule has 0 spiro atoms. The number of nitrogens with zero attached hydrogens (tertiary/aromatic N) is 2. The fraction of sp³-hybridized carbons (Fsp3) is 0.375. The summed E-state index contributed by atoms with van der Waals surface area (Å²) in [5, 5.41) is 9.46. The van der Waals surface area contributed by atoms with E-state index in [-0.39, 0.29) is 5.97 Å². The predicted octanol–water partition coefficient (Wildman–Crippen LogP) is 2.98. The van der Waals surface area contributed by atoms with E-state index in [2.05, 4.69) is 6.07 Å². The van der Waals surface area contributed by atoms with Crippen molar-refractivity contribution in [3.05, 3.63) is 41.2 Å². The zero-order valence-electron chi connectivity index (χ0n) is 11.6. The molecule has 2 heterocycles. The highest BCUT2D eigenvalue weighted by atomic mass is 16.5. The summed E-state index contributed by atoms with van der Waals surface area (Å²) in [6, 6.07) is 8.20. The first-order valence-electron chi connectivity index (χ1n) is 6.82. The van der Waals surface area contributed by atoms with Gasteiger partial charge in [-0.2, -0.15) is 5.26 Å². The van der Waals surface area contributed by atoms with Crippen molar-refractivity contribution in [2.24, 2.45) is 0 Å². The molecule has 4 heteroatoms. The fourth-order valence-electron chi connectivity index (χ4n) is 2.67. The van der Waals surface area contributed by atoms with Gasteiger partial charge >= 0.3 is 5.97 Å². The third-order valence-electron chi connectivity index (χ3n) is 3.84. The van der Waals surface area contributed by atoms with Crippen molar-refractivity contribution >= 4 is 11.5 Å². The van der Waals surface area contributed by atoms with Crippen LogP contribution in [0.5, 0.6) is 0 Å².